The molecule has 1 aliphatic heterocycles. The number of imide groups is 1. The van der Waals surface area contributed by atoms with Crippen LogP contribution in [0, 0.1) is 0 Å². The summed E-state index contributed by atoms with van der Waals surface area (Å²) >= 11 is 0. The summed E-state index contributed by atoms with van der Waals surface area (Å²) in [6.07, 6.45) is -11.4. The number of halogens is 6. The van der Waals surface area contributed by atoms with Crippen molar-refractivity contribution >= 4 is 17.5 Å². The van der Waals surface area contributed by atoms with E-state index in [0.29, 0.717) is 35.7 Å². The summed E-state index contributed by atoms with van der Waals surface area (Å²) in [6, 6.07) is 8.07. The first-order valence-corrected chi connectivity index (χ1v) is 9.59. The number of hydrogen-bond donors (Lipinski definition) is 2. The third-order valence-electron chi connectivity index (χ3n) is 5.44. The lowest BCUT2D eigenvalue weighted by Gasteiger charge is -2.32. The zero-order valence-corrected chi connectivity index (χ0v) is 17.2. The van der Waals surface area contributed by atoms with Crippen molar-refractivity contribution in [2.24, 2.45) is 5.84 Å². The van der Waals surface area contributed by atoms with Crippen LogP contribution >= 0.6 is 0 Å². The number of fused-ring (bicyclic) bond motifs is 1. The molecule has 2 aromatic rings. The van der Waals surface area contributed by atoms with Crippen LogP contribution in [0.1, 0.15) is 34.0 Å². The fourth-order valence-electron chi connectivity index (χ4n) is 3.61. The molecule has 1 aliphatic rings. The molecular weight excluding hydrogens is 456 g/mol. The predicted molar refractivity (Wildman–Crippen MR) is 105 cm³/mol. The Morgan fingerprint density at radius 1 is 1.03 bits per heavy atom. The van der Waals surface area contributed by atoms with Gasteiger partial charge in [0.05, 0.1) is 0 Å². The average Bonchev–Trinajstić information content (AvgIpc) is 3.12. The quantitative estimate of drug-likeness (QED) is 0.306. The fraction of sp³-hybridized carbons (Fsp3) is 0.333. The van der Waals surface area contributed by atoms with Crippen molar-refractivity contribution in [1.82, 2.24) is 5.01 Å². The Bertz CT molecular complexity index is 1050. The summed E-state index contributed by atoms with van der Waals surface area (Å²) in [4.78, 5) is 25.3. The molecule has 0 aliphatic carbocycles. The third-order valence-corrected chi connectivity index (χ3v) is 5.44. The fourth-order valence-corrected chi connectivity index (χ4v) is 3.61. The molecule has 0 spiro atoms. The van der Waals surface area contributed by atoms with E-state index in [1.165, 1.54) is 6.07 Å². The van der Waals surface area contributed by atoms with Gasteiger partial charge in [0.15, 0.2) is 0 Å². The first kappa shape index (κ1) is 24.5. The first-order chi connectivity index (χ1) is 15.2. The van der Waals surface area contributed by atoms with Gasteiger partial charge in [0, 0.05) is 36.8 Å². The Morgan fingerprint density at radius 3 is 2.12 bits per heavy atom. The molecular formula is C21H19F6N3O3. The van der Waals surface area contributed by atoms with Gasteiger partial charge in [0.1, 0.15) is 0 Å². The Labute approximate surface area is 184 Å². The van der Waals surface area contributed by atoms with Crippen molar-refractivity contribution in [3.05, 3.63) is 64.7 Å². The van der Waals surface area contributed by atoms with E-state index in [1.807, 2.05) is 4.90 Å². The Morgan fingerprint density at radius 2 is 1.61 bits per heavy atom. The molecule has 33 heavy (non-hydrogen) atoms. The van der Waals surface area contributed by atoms with E-state index in [0.717, 1.165) is 30.3 Å². The van der Waals surface area contributed by atoms with Crippen LogP contribution in [0.15, 0.2) is 42.5 Å². The van der Waals surface area contributed by atoms with E-state index >= 15 is 0 Å². The average molecular weight is 475 g/mol. The molecule has 0 saturated carbocycles. The molecule has 0 aromatic heterocycles. The van der Waals surface area contributed by atoms with Crippen molar-refractivity contribution in [3.8, 4) is 0 Å². The Hall–Kier alpha value is -3.12. The first-order valence-electron chi connectivity index (χ1n) is 9.59. The Kier molecular flexibility index (Phi) is 6.20. The van der Waals surface area contributed by atoms with Crippen LogP contribution in [0.4, 0.5) is 32.0 Å². The van der Waals surface area contributed by atoms with Crippen molar-refractivity contribution in [2.45, 2.75) is 37.8 Å². The molecule has 178 valence electrons. The summed E-state index contributed by atoms with van der Waals surface area (Å²) < 4.78 is 78.2. The van der Waals surface area contributed by atoms with Gasteiger partial charge < -0.3 is 10.0 Å². The van der Waals surface area contributed by atoms with Crippen LogP contribution in [0.5, 0.6) is 0 Å². The van der Waals surface area contributed by atoms with Crippen LogP contribution in [-0.4, -0.2) is 40.8 Å². The minimum Gasteiger partial charge on any atom is -0.369 e. The van der Waals surface area contributed by atoms with Gasteiger partial charge in [-0.25, -0.2) is 10.9 Å². The number of rotatable bonds is 4. The van der Waals surface area contributed by atoms with Gasteiger partial charge in [-0.2, -0.15) is 26.3 Å². The lowest BCUT2D eigenvalue weighted by molar-refractivity contribution is -0.376. The lowest BCUT2D eigenvalue weighted by Crippen LogP contribution is -2.53. The molecule has 0 unspecified atom stereocenters. The predicted octanol–water partition coefficient (Wildman–Crippen LogP) is 3.42. The van der Waals surface area contributed by atoms with Gasteiger partial charge in [0.25, 0.3) is 11.5 Å². The molecule has 3 N–H and O–H groups in total. The monoisotopic (exact) mass is 475 g/mol. The van der Waals surface area contributed by atoms with Crippen molar-refractivity contribution in [3.63, 3.8) is 0 Å². The molecule has 0 saturated heterocycles. The number of amides is 2. The number of carbonyl (C=O) groups excluding carboxylic acids is 2. The second kappa shape index (κ2) is 8.34. The van der Waals surface area contributed by atoms with E-state index in [9.17, 15) is 41.0 Å². The van der Waals surface area contributed by atoms with E-state index in [2.05, 4.69) is 0 Å². The number of anilines is 1. The number of nitrogens with zero attached hydrogens (tertiary/aromatic N) is 2. The lowest BCUT2D eigenvalue weighted by atomic mass is 9.91. The zero-order valence-electron chi connectivity index (χ0n) is 17.2. The van der Waals surface area contributed by atoms with E-state index in [-0.39, 0.29) is 12.1 Å². The smallest absolute Gasteiger partial charge is 0.369 e. The number of carbonyl (C=O) groups is 2. The third kappa shape index (κ3) is 4.40. The molecule has 0 fully saturated rings. The largest absolute Gasteiger partial charge is 0.430 e. The molecule has 1 heterocycles. The van der Waals surface area contributed by atoms with Crippen LogP contribution < -0.4 is 10.7 Å². The van der Waals surface area contributed by atoms with Gasteiger partial charge in [-0.05, 0) is 35.7 Å². The van der Waals surface area contributed by atoms with Gasteiger partial charge in [0.2, 0.25) is 5.91 Å². The highest BCUT2D eigenvalue weighted by molar-refractivity contribution is 6.03. The summed E-state index contributed by atoms with van der Waals surface area (Å²) in [5.74, 6) is 4.12. The molecule has 6 nitrogen and oxygen atoms in total. The van der Waals surface area contributed by atoms with Crippen molar-refractivity contribution < 1.29 is 41.0 Å². The number of benzene rings is 2. The highest BCUT2D eigenvalue weighted by Gasteiger charge is 2.71. The molecule has 0 radical (unpaired) electrons. The van der Waals surface area contributed by atoms with Gasteiger partial charge in [-0.15, -0.1) is 0 Å². The number of alkyl halides is 6. The highest BCUT2D eigenvalue weighted by Crippen LogP contribution is 2.50. The second-order valence-corrected chi connectivity index (χ2v) is 7.61. The topological polar surface area (TPSA) is 86.9 Å². The summed E-state index contributed by atoms with van der Waals surface area (Å²) in [5, 5.41) is 9.97. The van der Waals surface area contributed by atoms with Crippen molar-refractivity contribution in [1.29, 1.82) is 0 Å². The maximum Gasteiger partial charge on any atom is 0.430 e. The Balaban J connectivity index is 1.80. The van der Waals surface area contributed by atoms with E-state index in [1.54, 1.807) is 12.1 Å². The standard InChI is InChI=1S/C21H19F6N3O3/c1-12(31)30(28)18(32)15-4-7-17-14(10-15)8-9-29(17)11-13-2-5-16(6-3-13)19(33,20(22,23)24)21(25,26)27/h2-7,10,33H,8-9,11,28H2,1H3. The minimum atomic E-state index is -5.95. The number of hydrazine groups is 1. The minimum absolute atomic E-state index is 0.174. The molecule has 0 atom stereocenters. The van der Waals surface area contributed by atoms with Crippen LogP contribution in [-0.2, 0) is 23.4 Å². The van der Waals surface area contributed by atoms with Crippen LogP contribution in [0.25, 0.3) is 0 Å². The van der Waals surface area contributed by atoms with Crippen LogP contribution in [0.2, 0.25) is 0 Å². The summed E-state index contributed by atoms with van der Waals surface area (Å²) in [6.45, 7) is 1.80. The van der Waals surface area contributed by atoms with E-state index in [4.69, 9.17) is 5.84 Å². The molecule has 12 heteroatoms. The molecule has 2 aromatic carbocycles. The highest BCUT2D eigenvalue weighted by atomic mass is 19.4. The number of nitrogens with two attached hydrogens (primary N) is 1. The number of aliphatic hydroxyl groups is 1. The van der Waals surface area contributed by atoms with Crippen molar-refractivity contribution in [2.75, 3.05) is 11.4 Å². The summed E-state index contributed by atoms with van der Waals surface area (Å²) in [7, 11) is 0. The van der Waals surface area contributed by atoms with Crippen LogP contribution in [0.3, 0.4) is 0 Å². The maximum atomic E-state index is 13.0. The van der Waals surface area contributed by atoms with Gasteiger partial charge in [-0.1, -0.05) is 24.3 Å². The number of hydrogen-bond acceptors (Lipinski definition) is 5. The SMILES string of the molecule is CC(=O)N(N)C(=O)c1ccc2c(c1)CCN2Cc1ccc(C(O)(C(F)(F)F)C(F)(F)F)cc1. The molecule has 0 bridgehead atoms. The summed E-state index contributed by atoms with van der Waals surface area (Å²) in [5.41, 5.74) is -4.17. The molecule has 2 amide bonds. The molecule has 3 rings (SSSR count). The van der Waals surface area contributed by atoms with Gasteiger partial charge >= 0.3 is 12.4 Å². The van der Waals surface area contributed by atoms with E-state index < -0.39 is 35.3 Å². The van der Waals surface area contributed by atoms with Gasteiger partial charge in [-0.3, -0.25) is 9.59 Å². The maximum absolute atomic E-state index is 13.0. The second-order valence-electron chi connectivity index (χ2n) is 7.61. The normalized spacial score (nSPS) is 14.3. The zero-order chi connectivity index (χ0) is 24.8.